The fourth-order valence-corrected chi connectivity index (χ4v) is 1.80. The Labute approximate surface area is 99.8 Å². The predicted octanol–water partition coefficient (Wildman–Crippen LogP) is -1.07. The van der Waals surface area contributed by atoms with Gasteiger partial charge in [0.2, 0.25) is 11.8 Å². The maximum atomic E-state index is 11.9. The molecule has 2 rings (SSSR count). The van der Waals surface area contributed by atoms with Crippen LogP contribution in [-0.4, -0.2) is 65.6 Å². The van der Waals surface area contributed by atoms with Gasteiger partial charge in [0.1, 0.15) is 0 Å². The van der Waals surface area contributed by atoms with E-state index in [2.05, 4.69) is 15.5 Å². The molecule has 0 bridgehead atoms. The van der Waals surface area contributed by atoms with Crippen LogP contribution >= 0.6 is 0 Å². The highest BCUT2D eigenvalue weighted by atomic mass is 16.5. The largest absolute Gasteiger partial charge is 0.339 e. The molecule has 1 aromatic heterocycles. The molecule has 0 spiro atoms. The molecule has 0 unspecified atom stereocenters. The van der Waals surface area contributed by atoms with Crippen LogP contribution in [0.4, 0.5) is 0 Å². The number of carbonyl (C=O) groups is 1. The average molecular weight is 239 g/mol. The predicted molar refractivity (Wildman–Crippen MR) is 60.1 cm³/mol. The SMILES string of the molecule is CN(CC(=O)N1CCNCC1)Cc1ncno1. The Balaban J connectivity index is 1.77. The molecule has 1 aliphatic rings. The number of piperazine rings is 1. The summed E-state index contributed by atoms with van der Waals surface area (Å²) in [4.78, 5) is 19.6. The monoisotopic (exact) mass is 239 g/mol. The van der Waals surface area contributed by atoms with Crippen LogP contribution in [0.1, 0.15) is 5.89 Å². The molecular formula is C10H17N5O2. The van der Waals surface area contributed by atoms with Gasteiger partial charge in [0.05, 0.1) is 13.1 Å². The first-order chi connectivity index (χ1) is 8.25. The average Bonchev–Trinajstić information content (AvgIpc) is 2.82. The summed E-state index contributed by atoms with van der Waals surface area (Å²) >= 11 is 0. The Morgan fingerprint density at radius 1 is 1.59 bits per heavy atom. The van der Waals surface area contributed by atoms with Crippen LogP contribution in [0.25, 0.3) is 0 Å². The van der Waals surface area contributed by atoms with E-state index < -0.39 is 0 Å². The Morgan fingerprint density at radius 2 is 2.35 bits per heavy atom. The molecular weight excluding hydrogens is 222 g/mol. The quantitative estimate of drug-likeness (QED) is 0.721. The van der Waals surface area contributed by atoms with Gasteiger partial charge in [0, 0.05) is 26.2 Å². The van der Waals surface area contributed by atoms with Gasteiger partial charge in [-0.3, -0.25) is 9.69 Å². The molecule has 1 amide bonds. The van der Waals surface area contributed by atoms with Crippen molar-refractivity contribution in [1.29, 1.82) is 0 Å². The highest BCUT2D eigenvalue weighted by Crippen LogP contribution is 2.00. The lowest BCUT2D eigenvalue weighted by molar-refractivity contribution is -0.132. The van der Waals surface area contributed by atoms with Crippen molar-refractivity contribution in [3.05, 3.63) is 12.2 Å². The molecule has 1 fully saturated rings. The maximum Gasteiger partial charge on any atom is 0.240 e. The number of nitrogens with one attached hydrogen (secondary N) is 1. The lowest BCUT2D eigenvalue weighted by Gasteiger charge is -2.28. The second-order valence-electron chi connectivity index (χ2n) is 4.14. The van der Waals surface area contributed by atoms with Crippen LogP contribution in [0.5, 0.6) is 0 Å². The zero-order valence-corrected chi connectivity index (χ0v) is 9.93. The van der Waals surface area contributed by atoms with E-state index in [1.54, 1.807) is 0 Å². The van der Waals surface area contributed by atoms with Gasteiger partial charge >= 0.3 is 0 Å². The van der Waals surface area contributed by atoms with Crippen molar-refractivity contribution >= 4 is 5.91 Å². The maximum absolute atomic E-state index is 11.9. The summed E-state index contributed by atoms with van der Waals surface area (Å²) in [5, 5.41) is 6.75. The number of carbonyl (C=O) groups excluding carboxylic acids is 1. The van der Waals surface area contributed by atoms with Gasteiger partial charge in [-0.05, 0) is 7.05 Å². The normalized spacial score (nSPS) is 16.5. The van der Waals surface area contributed by atoms with Crippen molar-refractivity contribution in [2.75, 3.05) is 39.8 Å². The van der Waals surface area contributed by atoms with Crippen molar-refractivity contribution in [2.24, 2.45) is 0 Å². The Bertz CT molecular complexity index is 348. The highest BCUT2D eigenvalue weighted by molar-refractivity contribution is 5.78. The first-order valence-corrected chi connectivity index (χ1v) is 5.68. The summed E-state index contributed by atoms with van der Waals surface area (Å²) in [6.07, 6.45) is 1.36. The third-order valence-corrected chi connectivity index (χ3v) is 2.69. The van der Waals surface area contributed by atoms with E-state index >= 15 is 0 Å². The van der Waals surface area contributed by atoms with Crippen molar-refractivity contribution < 1.29 is 9.32 Å². The van der Waals surface area contributed by atoms with Crippen LogP contribution in [0.3, 0.4) is 0 Å². The minimum Gasteiger partial charge on any atom is -0.339 e. The first kappa shape index (κ1) is 12.0. The van der Waals surface area contributed by atoms with E-state index in [-0.39, 0.29) is 5.91 Å². The van der Waals surface area contributed by atoms with Crippen LogP contribution < -0.4 is 5.32 Å². The number of hydrogen-bond donors (Lipinski definition) is 1. The van der Waals surface area contributed by atoms with Gasteiger partial charge in [0.15, 0.2) is 6.33 Å². The first-order valence-electron chi connectivity index (χ1n) is 5.68. The van der Waals surface area contributed by atoms with Gasteiger partial charge < -0.3 is 14.7 Å². The molecule has 1 aliphatic heterocycles. The van der Waals surface area contributed by atoms with Crippen molar-refractivity contribution in [2.45, 2.75) is 6.54 Å². The van der Waals surface area contributed by atoms with E-state index in [1.165, 1.54) is 6.33 Å². The lowest BCUT2D eigenvalue weighted by Crippen LogP contribution is -2.49. The van der Waals surface area contributed by atoms with E-state index in [0.717, 1.165) is 26.2 Å². The summed E-state index contributed by atoms with van der Waals surface area (Å²) in [6.45, 7) is 4.19. The summed E-state index contributed by atoms with van der Waals surface area (Å²) < 4.78 is 4.89. The number of amides is 1. The van der Waals surface area contributed by atoms with Gasteiger partial charge in [0.25, 0.3) is 0 Å². The highest BCUT2D eigenvalue weighted by Gasteiger charge is 2.18. The molecule has 0 radical (unpaired) electrons. The van der Waals surface area contributed by atoms with Gasteiger partial charge in [-0.15, -0.1) is 0 Å². The fraction of sp³-hybridized carbons (Fsp3) is 0.700. The molecule has 0 aliphatic carbocycles. The second-order valence-corrected chi connectivity index (χ2v) is 4.14. The van der Waals surface area contributed by atoms with Crippen LogP contribution in [0, 0.1) is 0 Å². The van der Waals surface area contributed by atoms with E-state index in [9.17, 15) is 4.79 Å². The van der Waals surface area contributed by atoms with Gasteiger partial charge in [-0.1, -0.05) is 5.16 Å². The number of nitrogens with zero attached hydrogens (tertiary/aromatic N) is 4. The summed E-state index contributed by atoms with van der Waals surface area (Å²) in [5.41, 5.74) is 0. The summed E-state index contributed by atoms with van der Waals surface area (Å²) in [5.74, 6) is 0.675. The Kier molecular flexibility index (Phi) is 4.05. The molecule has 17 heavy (non-hydrogen) atoms. The number of rotatable bonds is 4. The Hall–Kier alpha value is -1.47. The van der Waals surface area contributed by atoms with Gasteiger partial charge in [-0.25, -0.2) is 0 Å². The molecule has 0 atom stereocenters. The lowest BCUT2D eigenvalue weighted by atomic mass is 10.3. The standard InChI is InChI=1S/C10H17N5O2/c1-14(6-9-12-8-13-17-9)7-10(16)15-4-2-11-3-5-15/h8,11H,2-7H2,1H3. The van der Waals surface area contributed by atoms with E-state index in [1.807, 2.05) is 16.8 Å². The van der Waals surface area contributed by atoms with Gasteiger partial charge in [-0.2, -0.15) is 4.98 Å². The zero-order chi connectivity index (χ0) is 12.1. The van der Waals surface area contributed by atoms with Crippen molar-refractivity contribution in [3.8, 4) is 0 Å². The minimum absolute atomic E-state index is 0.147. The molecule has 94 valence electrons. The molecule has 7 nitrogen and oxygen atoms in total. The number of hydrogen-bond acceptors (Lipinski definition) is 6. The smallest absolute Gasteiger partial charge is 0.240 e. The number of likely N-dealkylation sites (N-methyl/N-ethyl adjacent to an activating group) is 1. The van der Waals surface area contributed by atoms with E-state index in [4.69, 9.17) is 4.52 Å². The summed E-state index contributed by atoms with van der Waals surface area (Å²) in [7, 11) is 1.87. The summed E-state index contributed by atoms with van der Waals surface area (Å²) in [6, 6.07) is 0. The zero-order valence-electron chi connectivity index (χ0n) is 9.93. The Morgan fingerprint density at radius 3 is 3.00 bits per heavy atom. The van der Waals surface area contributed by atoms with Crippen LogP contribution in [0.2, 0.25) is 0 Å². The van der Waals surface area contributed by atoms with Crippen molar-refractivity contribution in [3.63, 3.8) is 0 Å². The third-order valence-electron chi connectivity index (χ3n) is 2.69. The molecule has 0 saturated carbocycles. The molecule has 1 saturated heterocycles. The molecule has 7 heteroatoms. The molecule has 1 N–H and O–H groups in total. The second kappa shape index (κ2) is 5.74. The third kappa shape index (κ3) is 3.50. The van der Waals surface area contributed by atoms with E-state index in [0.29, 0.717) is 19.0 Å². The minimum atomic E-state index is 0.147. The van der Waals surface area contributed by atoms with Crippen LogP contribution in [0.15, 0.2) is 10.9 Å². The number of aromatic nitrogens is 2. The molecule has 1 aromatic rings. The van der Waals surface area contributed by atoms with Crippen LogP contribution in [-0.2, 0) is 11.3 Å². The topological polar surface area (TPSA) is 74.5 Å². The molecule has 2 heterocycles. The fourth-order valence-electron chi connectivity index (χ4n) is 1.80. The molecule has 0 aromatic carbocycles. The van der Waals surface area contributed by atoms with Crippen molar-refractivity contribution in [1.82, 2.24) is 25.3 Å².